The van der Waals surface area contributed by atoms with E-state index < -0.39 is 0 Å². The number of Topliss-reactive ketones (excluding diaryl/α,β-unsaturated/α-hetero) is 1. The summed E-state index contributed by atoms with van der Waals surface area (Å²) in [6, 6.07) is 11.3. The average molecular weight is 505 g/mol. The fourth-order valence-electron chi connectivity index (χ4n) is 4.88. The molecule has 1 amide bonds. The van der Waals surface area contributed by atoms with Gasteiger partial charge in [-0.2, -0.15) is 0 Å². The van der Waals surface area contributed by atoms with Gasteiger partial charge in [-0.1, -0.05) is 27.2 Å². The van der Waals surface area contributed by atoms with Crippen molar-refractivity contribution in [1.29, 1.82) is 0 Å². The number of nitrogens with one attached hydrogen (secondary N) is 1. The van der Waals surface area contributed by atoms with Crippen LogP contribution in [0.5, 0.6) is 0 Å². The second-order valence-corrected chi connectivity index (χ2v) is 10.3. The van der Waals surface area contributed by atoms with Crippen molar-refractivity contribution in [2.45, 2.75) is 66.3 Å². The number of hydrogen-bond donors (Lipinski definition) is 1. The number of piperidine rings is 1. The molecule has 8 heteroatoms. The summed E-state index contributed by atoms with van der Waals surface area (Å²) in [5, 5.41) is 3.44. The Morgan fingerprint density at radius 3 is 2.38 bits per heavy atom. The molecule has 3 heterocycles. The molecule has 0 unspecified atom stereocenters. The molecular weight excluding hydrogens is 464 g/mol. The largest absolute Gasteiger partial charge is 0.326 e. The molecule has 1 N–H and O–H groups in total. The lowest BCUT2D eigenvalue weighted by Crippen LogP contribution is -2.35. The monoisotopic (exact) mass is 504 g/mol. The maximum atomic E-state index is 12.9. The van der Waals surface area contributed by atoms with E-state index in [2.05, 4.69) is 21.7 Å². The Morgan fingerprint density at radius 2 is 1.73 bits per heavy atom. The van der Waals surface area contributed by atoms with Crippen LogP contribution in [0, 0.1) is 5.92 Å². The van der Waals surface area contributed by atoms with Crippen molar-refractivity contribution in [2.75, 3.05) is 36.4 Å². The van der Waals surface area contributed by atoms with Gasteiger partial charge in [0, 0.05) is 30.3 Å². The van der Waals surface area contributed by atoms with Crippen LogP contribution in [0.15, 0.2) is 36.4 Å². The number of ketones is 1. The number of pyridine rings is 1. The van der Waals surface area contributed by atoms with Crippen LogP contribution >= 0.6 is 0 Å². The predicted octanol–water partition coefficient (Wildman–Crippen LogP) is 5.65. The molecule has 0 aliphatic carbocycles. The van der Waals surface area contributed by atoms with E-state index in [1.165, 1.54) is 32.4 Å². The zero-order valence-electron chi connectivity index (χ0n) is 22.7. The Morgan fingerprint density at radius 1 is 1.00 bits per heavy atom. The predicted molar refractivity (Wildman–Crippen MR) is 150 cm³/mol. The van der Waals surface area contributed by atoms with Crippen molar-refractivity contribution in [3.63, 3.8) is 0 Å². The van der Waals surface area contributed by atoms with Gasteiger partial charge >= 0.3 is 0 Å². The quantitative estimate of drug-likeness (QED) is 0.340. The minimum absolute atomic E-state index is 0.0424. The highest BCUT2D eigenvalue weighted by Crippen LogP contribution is 2.26. The number of likely N-dealkylation sites (tertiary alicyclic amines) is 1. The van der Waals surface area contributed by atoms with Gasteiger partial charge in [-0.25, -0.2) is 9.97 Å². The maximum absolute atomic E-state index is 12.9. The van der Waals surface area contributed by atoms with Gasteiger partial charge in [-0.15, -0.1) is 0 Å². The second kappa shape index (κ2) is 12.3. The number of nitrogens with zero attached hydrogens (tertiary/aromatic N) is 5. The van der Waals surface area contributed by atoms with Crippen molar-refractivity contribution >= 4 is 40.3 Å². The molecule has 4 rings (SSSR count). The number of carbonyl (C=O) groups excluding carboxylic acids is 2. The third-order valence-electron chi connectivity index (χ3n) is 6.91. The number of benzene rings is 1. The highest BCUT2D eigenvalue weighted by Gasteiger charge is 2.21. The van der Waals surface area contributed by atoms with Crippen LogP contribution in [0.4, 0.5) is 17.5 Å². The van der Waals surface area contributed by atoms with Gasteiger partial charge in [0.2, 0.25) is 11.9 Å². The van der Waals surface area contributed by atoms with E-state index in [1.54, 1.807) is 11.8 Å². The summed E-state index contributed by atoms with van der Waals surface area (Å²) in [6.07, 6.45) is 5.72. The van der Waals surface area contributed by atoms with Crippen LogP contribution in [0.1, 0.15) is 70.2 Å². The third-order valence-corrected chi connectivity index (χ3v) is 6.91. The van der Waals surface area contributed by atoms with Crippen LogP contribution in [-0.4, -0.2) is 57.3 Å². The highest BCUT2D eigenvalue weighted by molar-refractivity contribution is 5.95. The number of rotatable bonds is 11. The molecule has 0 atom stereocenters. The van der Waals surface area contributed by atoms with Gasteiger partial charge in [0.05, 0.1) is 0 Å². The Bertz CT molecular complexity index is 1210. The van der Waals surface area contributed by atoms with Crippen molar-refractivity contribution in [3.8, 4) is 0 Å². The molecule has 0 bridgehead atoms. The summed E-state index contributed by atoms with van der Waals surface area (Å²) >= 11 is 0. The maximum Gasteiger partial charge on any atom is 0.230 e. The molecule has 1 aromatic carbocycles. The molecule has 1 aliphatic heterocycles. The van der Waals surface area contributed by atoms with Crippen molar-refractivity contribution in [2.24, 2.45) is 5.92 Å². The number of aryl methyl sites for hydroxylation is 1. The Kier molecular flexibility index (Phi) is 8.92. The minimum Gasteiger partial charge on any atom is -0.326 e. The zero-order valence-corrected chi connectivity index (χ0v) is 22.7. The Hall–Kier alpha value is -3.26. The molecule has 0 spiro atoms. The first-order chi connectivity index (χ1) is 17.9. The Balaban J connectivity index is 1.66. The SMILES string of the molecule is CCCN(C(=O)C(C)C)c1ccc2nc(Nc3ccc(C(C)=O)cc3)n(CCCN3CCCCC3)c2n1. The van der Waals surface area contributed by atoms with Crippen LogP contribution in [-0.2, 0) is 11.3 Å². The number of anilines is 3. The van der Waals surface area contributed by atoms with Gasteiger partial charge in [0.25, 0.3) is 0 Å². The molecule has 1 aliphatic rings. The summed E-state index contributed by atoms with van der Waals surface area (Å²) in [6.45, 7) is 12.3. The molecule has 0 saturated carbocycles. The van der Waals surface area contributed by atoms with Gasteiger partial charge < -0.3 is 10.2 Å². The lowest BCUT2D eigenvalue weighted by atomic mass is 10.1. The van der Waals surface area contributed by atoms with Crippen LogP contribution < -0.4 is 10.2 Å². The molecule has 198 valence electrons. The topological polar surface area (TPSA) is 83.4 Å². The lowest BCUT2D eigenvalue weighted by molar-refractivity contribution is -0.121. The Labute approximate surface area is 220 Å². The minimum atomic E-state index is -0.103. The van der Waals surface area contributed by atoms with Crippen molar-refractivity contribution < 1.29 is 9.59 Å². The first-order valence-corrected chi connectivity index (χ1v) is 13.7. The van der Waals surface area contributed by atoms with Gasteiger partial charge in [-0.3, -0.25) is 19.1 Å². The summed E-state index contributed by atoms with van der Waals surface area (Å²) < 4.78 is 2.13. The molecular formula is C29H40N6O2. The molecule has 2 aromatic heterocycles. The van der Waals surface area contributed by atoms with Crippen LogP contribution in [0.3, 0.4) is 0 Å². The van der Waals surface area contributed by atoms with E-state index >= 15 is 0 Å². The fourth-order valence-corrected chi connectivity index (χ4v) is 4.88. The fraction of sp³-hybridized carbons (Fsp3) is 0.517. The second-order valence-electron chi connectivity index (χ2n) is 10.3. The molecule has 3 aromatic rings. The van der Waals surface area contributed by atoms with E-state index in [9.17, 15) is 9.59 Å². The lowest BCUT2D eigenvalue weighted by Gasteiger charge is -2.26. The van der Waals surface area contributed by atoms with Gasteiger partial charge in [0.1, 0.15) is 11.3 Å². The summed E-state index contributed by atoms with van der Waals surface area (Å²) in [5.41, 5.74) is 3.10. The summed E-state index contributed by atoms with van der Waals surface area (Å²) in [5.74, 6) is 1.40. The van der Waals surface area contributed by atoms with E-state index in [0.717, 1.165) is 42.8 Å². The van der Waals surface area contributed by atoms with E-state index in [0.29, 0.717) is 23.9 Å². The molecule has 8 nitrogen and oxygen atoms in total. The number of carbonyl (C=O) groups is 2. The molecule has 37 heavy (non-hydrogen) atoms. The summed E-state index contributed by atoms with van der Waals surface area (Å²) in [4.78, 5) is 38.8. The van der Waals surface area contributed by atoms with Crippen LogP contribution in [0.25, 0.3) is 11.2 Å². The third kappa shape index (κ3) is 6.55. The number of imidazole rings is 1. The number of fused-ring (bicyclic) bond motifs is 1. The van der Waals surface area contributed by atoms with Crippen LogP contribution in [0.2, 0.25) is 0 Å². The van der Waals surface area contributed by atoms with E-state index in [-0.39, 0.29) is 17.6 Å². The molecule has 1 fully saturated rings. The van der Waals surface area contributed by atoms with Gasteiger partial charge in [0.15, 0.2) is 11.4 Å². The van der Waals surface area contributed by atoms with E-state index in [4.69, 9.17) is 9.97 Å². The summed E-state index contributed by atoms with van der Waals surface area (Å²) in [7, 11) is 0. The standard InChI is InChI=1S/C29H40N6O2/c1-5-16-34(28(37)21(2)3)26-15-14-25-27(32-26)35(20-9-19-33-17-7-6-8-18-33)29(31-25)30-24-12-10-23(11-13-24)22(4)36/h10-15,21H,5-9,16-20H2,1-4H3,(H,30,31). The molecule has 0 radical (unpaired) electrons. The van der Waals surface area contributed by atoms with Crippen molar-refractivity contribution in [1.82, 2.24) is 19.4 Å². The zero-order chi connectivity index (χ0) is 26.4. The first-order valence-electron chi connectivity index (χ1n) is 13.7. The molecule has 1 saturated heterocycles. The first kappa shape index (κ1) is 26.8. The number of aromatic nitrogens is 3. The normalized spacial score (nSPS) is 14.3. The average Bonchev–Trinajstić information content (AvgIpc) is 3.23. The number of amides is 1. The van der Waals surface area contributed by atoms with E-state index in [1.807, 2.05) is 50.2 Å². The number of hydrogen-bond acceptors (Lipinski definition) is 6. The van der Waals surface area contributed by atoms with Gasteiger partial charge in [-0.05, 0) is 88.6 Å². The van der Waals surface area contributed by atoms with Crippen molar-refractivity contribution in [3.05, 3.63) is 42.0 Å². The highest BCUT2D eigenvalue weighted by atomic mass is 16.2. The smallest absolute Gasteiger partial charge is 0.230 e.